The van der Waals surface area contributed by atoms with E-state index in [2.05, 4.69) is 36.2 Å². The van der Waals surface area contributed by atoms with Gasteiger partial charge in [-0.25, -0.2) is 9.50 Å². The van der Waals surface area contributed by atoms with Crippen LogP contribution in [-0.4, -0.2) is 26.2 Å². The number of nitrogens with zero attached hydrogens (tertiary/aromatic N) is 3. The predicted octanol–water partition coefficient (Wildman–Crippen LogP) is 3.31. The zero-order valence-electron chi connectivity index (χ0n) is 14.0. The monoisotopic (exact) mass is 334 g/mol. The van der Waals surface area contributed by atoms with E-state index in [9.17, 15) is 5.11 Å². The first-order chi connectivity index (χ1) is 10.6. The number of nitrogens with one attached hydrogen (secondary N) is 1. The molecule has 0 aliphatic heterocycles. The molecule has 0 aliphatic carbocycles. The largest absolute Gasteiger partial charge is 0.463 e. The van der Waals surface area contributed by atoms with E-state index in [-0.39, 0.29) is 5.41 Å². The van der Waals surface area contributed by atoms with Crippen molar-refractivity contribution in [2.24, 2.45) is 0 Å². The quantitative estimate of drug-likeness (QED) is 0.765. The van der Waals surface area contributed by atoms with Crippen LogP contribution in [-0.2, 0) is 11.0 Å². The first kappa shape index (κ1) is 16.0. The number of furan rings is 1. The van der Waals surface area contributed by atoms with Crippen molar-refractivity contribution in [2.45, 2.75) is 45.6 Å². The number of anilines is 1. The lowest BCUT2D eigenvalue weighted by Gasteiger charge is -2.20. The summed E-state index contributed by atoms with van der Waals surface area (Å²) in [5.74, 6) is 1.32. The summed E-state index contributed by atoms with van der Waals surface area (Å²) in [6.45, 7) is 10.3. The molecule has 0 bridgehead atoms. The standard InChI is InChI=1S/C16H22N4O2S/c1-10-6-7-12(22-10)16(5,21)9-17-13-19-20-8-11(15(2,3)4)18-14(20)23-13/h6-8,21H,9H2,1-5H3,(H,17,19). The molecule has 0 aliphatic rings. The van der Waals surface area contributed by atoms with Crippen LogP contribution in [0.5, 0.6) is 0 Å². The van der Waals surface area contributed by atoms with Gasteiger partial charge in [-0.15, -0.1) is 5.10 Å². The van der Waals surface area contributed by atoms with E-state index in [1.807, 2.05) is 19.2 Å². The van der Waals surface area contributed by atoms with Gasteiger partial charge in [0.05, 0.1) is 18.4 Å². The molecule has 2 N–H and O–H groups in total. The molecular weight excluding hydrogens is 312 g/mol. The van der Waals surface area contributed by atoms with Crippen LogP contribution >= 0.6 is 11.3 Å². The normalized spacial score (nSPS) is 15.0. The van der Waals surface area contributed by atoms with Crippen molar-refractivity contribution in [1.82, 2.24) is 14.6 Å². The van der Waals surface area contributed by atoms with Crippen molar-refractivity contribution in [3.05, 3.63) is 35.5 Å². The van der Waals surface area contributed by atoms with Gasteiger partial charge in [-0.3, -0.25) is 0 Å². The van der Waals surface area contributed by atoms with Crippen molar-refractivity contribution in [2.75, 3.05) is 11.9 Å². The third kappa shape index (κ3) is 3.25. The molecule has 0 spiro atoms. The van der Waals surface area contributed by atoms with Gasteiger partial charge in [-0.2, -0.15) is 0 Å². The van der Waals surface area contributed by atoms with E-state index in [1.165, 1.54) is 11.3 Å². The van der Waals surface area contributed by atoms with Gasteiger partial charge in [0.1, 0.15) is 17.1 Å². The number of hydrogen-bond donors (Lipinski definition) is 2. The highest BCUT2D eigenvalue weighted by atomic mass is 32.1. The molecule has 3 aromatic heterocycles. The topological polar surface area (TPSA) is 75.6 Å². The molecule has 3 heterocycles. The lowest BCUT2D eigenvalue weighted by Crippen LogP contribution is -2.30. The lowest BCUT2D eigenvalue weighted by molar-refractivity contribution is 0.0468. The minimum atomic E-state index is -1.10. The van der Waals surface area contributed by atoms with E-state index in [1.54, 1.807) is 17.5 Å². The summed E-state index contributed by atoms with van der Waals surface area (Å²) in [7, 11) is 0. The van der Waals surface area contributed by atoms with E-state index in [0.717, 1.165) is 21.5 Å². The molecule has 1 unspecified atom stereocenters. The molecular formula is C16H22N4O2S. The number of aliphatic hydroxyl groups is 1. The molecule has 3 rings (SSSR count). The Morgan fingerprint density at radius 2 is 2.04 bits per heavy atom. The Bertz CT molecular complexity index is 791. The third-order valence-electron chi connectivity index (χ3n) is 3.67. The maximum atomic E-state index is 10.5. The Labute approximate surface area is 139 Å². The highest BCUT2D eigenvalue weighted by Crippen LogP contribution is 2.27. The third-order valence-corrected chi connectivity index (χ3v) is 4.55. The summed E-state index contributed by atoms with van der Waals surface area (Å²) in [5.41, 5.74) is -0.0821. The van der Waals surface area contributed by atoms with Crippen molar-refractivity contribution in [3.8, 4) is 0 Å². The lowest BCUT2D eigenvalue weighted by atomic mass is 9.93. The summed E-state index contributed by atoms with van der Waals surface area (Å²) in [5, 5.41) is 18.9. The molecule has 0 fully saturated rings. The van der Waals surface area contributed by atoms with Crippen molar-refractivity contribution in [3.63, 3.8) is 0 Å². The van der Waals surface area contributed by atoms with Gasteiger partial charge in [0.15, 0.2) is 0 Å². The number of hydrogen-bond acceptors (Lipinski definition) is 6. The fourth-order valence-corrected chi connectivity index (χ4v) is 2.97. The Morgan fingerprint density at radius 3 is 2.61 bits per heavy atom. The Morgan fingerprint density at radius 1 is 1.30 bits per heavy atom. The van der Waals surface area contributed by atoms with E-state index in [0.29, 0.717) is 12.3 Å². The Balaban J connectivity index is 1.73. The van der Waals surface area contributed by atoms with Gasteiger partial charge >= 0.3 is 0 Å². The smallest absolute Gasteiger partial charge is 0.214 e. The average Bonchev–Trinajstić information content (AvgIpc) is 3.08. The van der Waals surface area contributed by atoms with Crippen molar-refractivity contribution < 1.29 is 9.52 Å². The predicted molar refractivity (Wildman–Crippen MR) is 91.1 cm³/mol. The van der Waals surface area contributed by atoms with Gasteiger partial charge in [-0.05, 0) is 26.0 Å². The molecule has 0 amide bonds. The van der Waals surface area contributed by atoms with Gasteiger partial charge in [-0.1, -0.05) is 32.1 Å². The van der Waals surface area contributed by atoms with Gasteiger partial charge < -0.3 is 14.8 Å². The molecule has 1 atom stereocenters. The molecule has 6 nitrogen and oxygen atoms in total. The SMILES string of the molecule is Cc1ccc(C(C)(O)CNc2nn3cc(C(C)(C)C)nc3s2)o1. The molecule has 3 aromatic rings. The minimum absolute atomic E-state index is 0.00182. The van der Waals surface area contributed by atoms with Gasteiger partial charge in [0.25, 0.3) is 0 Å². The summed E-state index contributed by atoms with van der Waals surface area (Å²) in [6, 6.07) is 3.64. The molecule has 124 valence electrons. The molecule has 0 radical (unpaired) electrons. The van der Waals surface area contributed by atoms with Crippen molar-refractivity contribution >= 4 is 21.4 Å². The van der Waals surface area contributed by atoms with Crippen LogP contribution in [0.1, 0.15) is 44.9 Å². The van der Waals surface area contributed by atoms with Crippen LogP contribution < -0.4 is 5.32 Å². The second kappa shape index (κ2) is 5.35. The number of aromatic nitrogens is 3. The number of fused-ring (bicyclic) bond motifs is 1. The highest BCUT2D eigenvalue weighted by Gasteiger charge is 2.27. The van der Waals surface area contributed by atoms with Gasteiger partial charge in [0.2, 0.25) is 10.1 Å². The first-order valence-electron chi connectivity index (χ1n) is 7.55. The highest BCUT2D eigenvalue weighted by molar-refractivity contribution is 7.20. The van der Waals surface area contributed by atoms with Crippen LogP contribution in [0.15, 0.2) is 22.7 Å². The fourth-order valence-electron chi connectivity index (χ4n) is 2.19. The number of aryl methyl sites for hydroxylation is 1. The Hall–Kier alpha value is -1.86. The zero-order chi connectivity index (χ0) is 16.8. The second-order valence-electron chi connectivity index (χ2n) is 7.05. The maximum Gasteiger partial charge on any atom is 0.214 e. The van der Waals surface area contributed by atoms with Crippen LogP contribution in [0.2, 0.25) is 0 Å². The fraction of sp³-hybridized carbons (Fsp3) is 0.500. The molecule has 23 heavy (non-hydrogen) atoms. The van der Waals surface area contributed by atoms with Crippen molar-refractivity contribution in [1.29, 1.82) is 0 Å². The second-order valence-corrected chi connectivity index (χ2v) is 8.00. The molecule has 0 saturated heterocycles. The van der Waals surface area contributed by atoms with E-state index < -0.39 is 5.60 Å². The van der Waals surface area contributed by atoms with Crippen LogP contribution in [0.25, 0.3) is 4.96 Å². The maximum absolute atomic E-state index is 10.5. The number of rotatable bonds is 4. The first-order valence-corrected chi connectivity index (χ1v) is 8.37. The molecule has 0 saturated carbocycles. The zero-order valence-corrected chi connectivity index (χ0v) is 14.9. The molecule has 0 aromatic carbocycles. The van der Waals surface area contributed by atoms with Crippen LogP contribution in [0.3, 0.4) is 0 Å². The van der Waals surface area contributed by atoms with Crippen LogP contribution in [0, 0.1) is 6.92 Å². The Kier molecular flexibility index (Phi) is 3.72. The summed E-state index contributed by atoms with van der Waals surface area (Å²) < 4.78 is 7.29. The van der Waals surface area contributed by atoms with E-state index >= 15 is 0 Å². The minimum Gasteiger partial charge on any atom is -0.463 e. The average molecular weight is 334 g/mol. The van der Waals surface area contributed by atoms with Gasteiger partial charge in [0, 0.05) is 5.41 Å². The van der Waals surface area contributed by atoms with E-state index in [4.69, 9.17) is 4.42 Å². The molecule has 7 heteroatoms. The van der Waals surface area contributed by atoms with Crippen LogP contribution in [0.4, 0.5) is 5.13 Å². The summed E-state index contributed by atoms with van der Waals surface area (Å²) in [6.07, 6.45) is 1.95. The summed E-state index contributed by atoms with van der Waals surface area (Å²) >= 11 is 1.46. The number of imidazole rings is 1. The summed E-state index contributed by atoms with van der Waals surface area (Å²) in [4.78, 5) is 5.45.